The van der Waals surface area contributed by atoms with Gasteiger partial charge in [-0.05, 0) is 57.1 Å². The van der Waals surface area contributed by atoms with E-state index in [9.17, 15) is 4.79 Å². The molecule has 1 aliphatic heterocycles. The Morgan fingerprint density at radius 3 is 2.52 bits per heavy atom. The van der Waals surface area contributed by atoms with E-state index in [1.165, 1.54) is 0 Å². The Hall–Kier alpha value is -1.10. The molecule has 140 valence electrons. The van der Waals surface area contributed by atoms with Gasteiger partial charge < -0.3 is 10.2 Å². The number of nitrogens with one attached hydrogen (secondary N) is 1. The smallest absolute Gasteiger partial charge is 0.223 e. The van der Waals surface area contributed by atoms with E-state index in [-0.39, 0.29) is 17.2 Å². The van der Waals surface area contributed by atoms with Gasteiger partial charge in [0.15, 0.2) is 0 Å². The number of halogens is 1. The molecule has 1 aromatic rings. The summed E-state index contributed by atoms with van der Waals surface area (Å²) < 4.78 is 0. The minimum atomic E-state index is 0.0872. The molecule has 4 nitrogen and oxygen atoms in total. The summed E-state index contributed by atoms with van der Waals surface area (Å²) in [7, 11) is 4.14. The Morgan fingerprint density at radius 2 is 1.92 bits per heavy atom. The van der Waals surface area contributed by atoms with Crippen molar-refractivity contribution in [3.8, 4) is 0 Å². The number of rotatable bonds is 7. The van der Waals surface area contributed by atoms with Crippen LogP contribution in [-0.4, -0.2) is 56.0 Å². The van der Waals surface area contributed by atoms with E-state index in [1.807, 2.05) is 18.2 Å². The fourth-order valence-electron chi connectivity index (χ4n) is 3.60. The van der Waals surface area contributed by atoms with Gasteiger partial charge in [-0.15, -0.1) is 0 Å². The van der Waals surface area contributed by atoms with E-state index in [2.05, 4.69) is 49.1 Å². The Labute approximate surface area is 157 Å². The van der Waals surface area contributed by atoms with Crippen molar-refractivity contribution in [2.45, 2.75) is 33.2 Å². The zero-order chi connectivity index (χ0) is 18.4. The van der Waals surface area contributed by atoms with Crippen LogP contribution in [0.4, 0.5) is 0 Å². The van der Waals surface area contributed by atoms with Crippen LogP contribution >= 0.6 is 11.6 Å². The van der Waals surface area contributed by atoms with Crippen molar-refractivity contribution >= 4 is 17.5 Å². The van der Waals surface area contributed by atoms with E-state index in [0.717, 1.165) is 56.2 Å². The molecule has 0 atom stereocenters. The van der Waals surface area contributed by atoms with Gasteiger partial charge in [0.2, 0.25) is 5.91 Å². The van der Waals surface area contributed by atoms with E-state index in [1.54, 1.807) is 0 Å². The number of piperidine rings is 1. The molecule has 0 bridgehead atoms. The van der Waals surface area contributed by atoms with E-state index >= 15 is 0 Å². The predicted octanol–water partition coefficient (Wildman–Crippen LogP) is 3.26. The lowest BCUT2D eigenvalue weighted by Crippen LogP contribution is -2.44. The SMILES string of the molecule is CN(C)CC(C)(C)CNC(=O)C1CCN(Cc2ccccc2Cl)CC1. The van der Waals surface area contributed by atoms with Crippen LogP contribution in [0.15, 0.2) is 24.3 Å². The van der Waals surface area contributed by atoms with Crippen molar-refractivity contribution in [1.29, 1.82) is 0 Å². The number of benzene rings is 1. The van der Waals surface area contributed by atoms with Crippen LogP contribution in [0.2, 0.25) is 5.02 Å². The molecule has 0 unspecified atom stereocenters. The van der Waals surface area contributed by atoms with Crippen LogP contribution in [0.5, 0.6) is 0 Å². The number of hydrogen-bond donors (Lipinski definition) is 1. The number of likely N-dealkylation sites (tertiary alicyclic amines) is 1. The summed E-state index contributed by atoms with van der Waals surface area (Å²) in [5.74, 6) is 0.349. The summed E-state index contributed by atoms with van der Waals surface area (Å²) in [5.41, 5.74) is 1.25. The molecule has 2 rings (SSSR count). The fourth-order valence-corrected chi connectivity index (χ4v) is 3.80. The van der Waals surface area contributed by atoms with Crippen molar-refractivity contribution in [3.63, 3.8) is 0 Å². The monoisotopic (exact) mass is 365 g/mol. The second-order valence-electron chi connectivity index (χ2n) is 8.26. The van der Waals surface area contributed by atoms with Crippen molar-refractivity contribution in [2.24, 2.45) is 11.3 Å². The van der Waals surface area contributed by atoms with Crippen LogP contribution in [0.25, 0.3) is 0 Å². The van der Waals surface area contributed by atoms with Crippen molar-refractivity contribution < 1.29 is 4.79 Å². The molecule has 1 aliphatic rings. The number of carbonyl (C=O) groups excluding carboxylic acids is 1. The van der Waals surface area contributed by atoms with Gasteiger partial charge >= 0.3 is 0 Å². The summed E-state index contributed by atoms with van der Waals surface area (Å²) in [6.45, 7) is 8.84. The molecule has 0 aromatic heterocycles. The number of nitrogens with zero attached hydrogens (tertiary/aromatic N) is 2. The molecule has 1 saturated heterocycles. The van der Waals surface area contributed by atoms with Gasteiger partial charge in [0, 0.05) is 30.6 Å². The van der Waals surface area contributed by atoms with E-state index < -0.39 is 0 Å². The Kier molecular flexibility index (Phi) is 7.29. The molecule has 1 fully saturated rings. The molecular formula is C20H32ClN3O. The third-order valence-corrected chi connectivity index (χ3v) is 5.16. The second-order valence-corrected chi connectivity index (χ2v) is 8.67. The summed E-state index contributed by atoms with van der Waals surface area (Å²) in [6.07, 6.45) is 1.84. The third-order valence-electron chi connectivity index (χ3n) is 4.80. The minimum Gasteiger partial charge on any atom is -0.355 e. The lowest BCUT2D eigenvalue weighted by atomic mass is 9.91. The molecule has 0 radical (unpaired) electrons. The average Bonchev–Trinajstić information content (AvgIpc) is 2.54. The molecule has 5 heteroatoms. The zero-order valence-electron chi connectivity index (χ0n) is 16.0. The number of amides is 1. The minimum absolute atomic E-state index is 0.0872. The van der Waals surface area contributed by atoms with Crippen LogP contribution in [-0.2, 0) is 11.3 Å². The molecule has 1 N–H and O–H groups in total. The van der Waals surface area contributed by atoms with Crippen molar-refractivity contribution in [3.05, 3.63) is 34.9 Å². The van der Waals surface area contributed by atoms with E-state index in [4.69, 9.17) is 11.6 Å². The normalized spacial score (nSPS) is 17.0. The number of carbonyl (C=O) groups is 1. The highest BCUT2D eigenvalue weighted by molar-refractivity contribution is 6.31. The van der Waals surface area contributed by atoms with Gasteiger partial charge in [-0.2, -0.15) is 0 Å². The quantitative estimate of drug-likeness (QED) is 0.805. The molecule has 0 spiro atoms. The summed E-state index contributed by atoms with van der Waals surface area (Å²) in [5, 5.41) is 3.99. The van der Waals surface area contributed by atoms with Crippen LogP contribution in [0.3, 0.4) is 0 Å². The highest BCUT2D eigenvalue weighted by Gasteiger charge is 2.27. The first-order valence-electron chi connectivity index (χ1n) is 9.15. The first-order chi connectivity index (χ1) is 11.8. The standard InChI is InChI=1S/C20H32ClN3O/c1-20(2,15-23(3)4)14-22-19(25)16-9-11-24(12-10-16)13-17-7-5-6-8-18(17)21/h5-8,16H,9-15H2,1-4H3,(H,22,25). The maximum absolute atomic E-state index is 12.5. The summed E-state index contributed by atoms with van der Waals surface area (Å²) >= 11 is 6.25. The fraction of sp³-hybridized carbons (Fsp3) is 0.650. The molecule has 1 aromatic carbocycles. The third kappa shape index (κ3) is 6.61. The molecular weight excluding hydrogens is 334 g/mol. The lowest BCUT2D eigenvalue weighted by Gasteiger charge is -2.33. The molecule has 0 aliphatic carbocycles. The highest BCUT2D eigenvalue weighted by atomic mass is 35.5. The molecule has 0 saturated carbocycles. The molecule has 1 heterocycles. The predicted molar refractivity (Wildman–Crippen MR) is 105 cm³/mol. The van der Waals surface area contributed by atoms with Gasteiger partial charge in [-0.3, -0.25) is 9.69 Å². The maximum Gasteiger partial charge on any atom is 0.223 e. The topological polar surface area (TPSA) is 35.6 Å². The van der Waals surface area contributed by atoms with Gasteiger partial charge in [0.1, 0.15) is 0 Å². The van der Waals surface area contributed by atoms with Gasteiger partial charge in [-0.1, -0.05) is 43.6 Å². The number of hydrogen-bond acceptors (Lipinski definition) is 3. The van der Waals surface area contributed by atoms with E-state index in [0.29, 0.717) is 0 Å². The van der Waals surface area contributed by atoms with Gasteiger partial charge in [0.25, 0.3) is 0 Å². The Morgan fingerprint density at radius 1 is 1.28 bits per heavy atom. The van der Waals surface area contributed by atoms with Crippen LogP contribution in [0, 0.1) is 11.3 Å². The maximum atomic E-state index is 12.5. The zero-order valence-corrected chi connectivity index (χ0v) is 16.8. The Balaban J connectivity index is 1.76. The Bertz CT molecular complexity index is 566. The summed E-state index contributed by atoms with van der Waals surface area (Å²) in [6, 6.07) is 8.00. The molecule has 1 amide bonds. The van der Waals surface area contributed by atoms with Crippen LogP contribution < -0.4 is 5.32 Å². The van der Waals surface area contributed by atoms with Crippen molar-refractivity contribution in [1.82, 2.24) is 15.1 Å². The average molecular weight is 366 g/mol. The second kappa shape index (κ2) is 9.02. The first-order valence-corrected chi connectivity index (χ1v) is 9.53. The van der Waals surface area contributed by atoms with Crippen LogP contribution in [0.1, 0.15) is 32.3 Å². The lowest BCUT2D eigenvalue weighted by molar-refractivity contribution is -0.127. The van der Waals surface area contributed by atoms with Crippen molar-refractivity contribution in [2.75, 3.05) is 40.3 Å². The largest absolute Gasteiger partial charge is 0.355 e. The van der Waals surface area contributed by atoms with Gasteiger partial charge in [-0.25, -0.2) is 0 Å². The summed E-state index contributed by atoms with van der Waals surface area (Å²) in [4.78, 5) is 17.0. The van der Waals surface area contributed by atoms with Gasteiger partial charge in [0.05, 0.1) is 0 Å². The molecule has 25 heavy (non-hydrogen) atoms. The highest BCUT2D eigenvalue weighted by Crippen LogP contribution is 2.23. The first kappa shape index (κ1) is 20.2.